The highest BCUT2D eigenvalue weighted by Gasteiger charge is 2.43. The van der Waals surface area contributed by atoms with Gasteiger partial charge >= 0.3 is 12.3 Å². The van der Waals surface area contributed by atoms with Gasteiger partial charge in [-0.2, -0.15) is 13.2 Å². The van der Waals surface area contributed by atoms with Crippen molar-refractivity contribution in [2.45, 2.75) is 64.1 Å². The topological polar surface area (TPSA) is 136 Å². The molecule has 3 aromatic rings. The predicted molar refractivity (Wildman–Crippen MR) is 157 cm³/mol. The zero-order chi connectivity index (χ0) is 31.6. The molecule has 14 heteroatoms. The fourth-order valence-electron chi connectivity index (χ4n) is 5.34. The number of hydrogen-bond acceptors (Lipinski definition) is 9. The lowest BCUT2D eigenvalue weighted by atomic mass is 10.0. The number of benzene rings is 1. The number of primary amides is 1. The van der Waals surface area contributed by atoms with E-state index in [0.717, 1.165) is 18.4 Å². The number of amides is 2. The lowest BCUT2D eigenvalue weighted by Crippen LogP contribution is -2.48. The molecule has 236 valence electrons. The number of ether oxygens (including phenoxy) is 2. The lowest BCUT2D eigenvalue weighted by Gasteiger charge is -2.34. The Balaban J connectivity index is 1.37. The molecule has 2 aliphatic rings. The van der Waals surface area contributed by atoms with E-state index in [2.05, 4.69) is 15.3 Å². The first kappa shape index (κ1) is 31.4. The molecule has 1 aromatic carbocycles. The molecule has 0 saturated carbocycles. The molecule has 0 radical (unpaired) electrons. The summed E-state index contributed by atoms with van der Waals surface area (Å²) in [5.41, 5.74) is 7.90. The second kappa shape index (κ2) is 12.5. The molecule has 0 spiro atoms. The Bertz CT molecular complexity index is 1510. The minimum atomic E-state index is -4.41. The summed E-state index contributed by atoms with van der Waals surface area (Å²) in [7, 11) is 0. The van der Waals surface area contributed by atoms with Crippen LogP contribution in [0.5, 0.6) is 0 Å². The van der Waals surface area contributed by atoms with Crippen LogP contribution in [-0.2, 0) is 16.0 Å². The number of likely N-dealkylation sites (tertiary alicyclic amines) is 1. The summed E-state index contributed by atoms with van der Waals surface area (Å²) in [5, 5.41) is 3.37. The third kappa shape index (κ3) is 7.53. The second-order valence-corrected chi connectivity index (χ2v) is 12.1. The van der Waals surface area contributed by atoms with Gasteiger partial charge in [-0.05, 0) is 45.2 Å². The molecule has 2 amide bonds. The van der Waals surface area contributed by atoms with Crippen LogP contribution in [0.15, 0.2) is 36.7 Å². The van der Waals surface area contributed by atoms with Crippen molar-refractivity contribution < 1.29 is 32.2 Å². The Morgan fingerprint density at radius 1 is 1.09 bits per heavy atom. The quantitative estimate of drug-likeness (QED) is 0.415. The van der Waals surface area contributed by atoms with Crippen molar-refractivity contribution in [3.05, 3.63) is 47.8 Å². The maximum atomic E-state index is 13.1. The summed E-state index contributed by atoms with van der Waals surface area (Å²) in [4.78, 5) is 42.0. The number of nitrogens with zero attached hydrogens (tertiary/aromatic N) is 5. The molecule has 3 N–H and O–H groups in total. The van der Waals surface area contributed by atoms with Crippen molar-refractivity contribution in [2.75, 3.05) is 38.1 Å². The molecular weight excluding hydrogens is 579 g/mol. The summed E-state index contributed by atoms with van der Waals surface area (Å²) in [6.07, 6.45) is -3.72. The Kier molecular flexibility index (Phi) is 8.93. The molecule has 5 rings (SSSR count). The molecule has 2 aromatic heterocycles. The normalized spacial score (nSPS) is 20.0. The average Bonchev–Trinajstić information content (AvgIpc) is 2.96. The van der Waals surface area contributed by atoms with Crippen LogP contribution in [0.25, 0.3) is 22.3 Å². The van der Waals surface area contributed by atoms with Gasteiger partial charge in [-0.1, -0.05) is 24.3 Å². The number of alkyl halides is 3. The molecule has 2 fully saturated rings. The lowest BCUT2D eigenvalue weighted by molar-refractivity contribution is -0.237. The van der Waals surface area contributed by atoms with E-state index in [0.29, 0.717) is 54.3 Å². The van der Waals surface area contributed by atoms with E-state index in [1.54, 1.807) is 28.0 Å². The van der Waals surface area contributed by atoms with Crippen LogP contribution in [0, 0.1) is 0 Å². The molecule has 0 bridgehead atoms. The molecule has 11 nitrogen and oxygen atoms in total. The highest BCUT2D eigenvalue weighted by atomic mass is 19.4. The van der Waals surface area contributed by atoms with Gasteiger partial charge in [0, 0.05) is 44.3 Å². The predicted octanol–water partition coefficient (Wildman–Crippen LogP) is 4.37. The third-order valence-electron chi connectivity index (χ3n) is 7.44. The number of fused-ring (bicyclic) bond motifs is 1. The van der Waals surface area contributed by atoms with Gasteiger partial charge < -0.3 is 25.4 Å². The molecular formula is C30H36F3N7O4. The number of rotatable bonds is 6. The number of carbonyl (C=O) groups excluding carboxylic acids is 2. The maximum Gasteiger partial charge on any atom is 0.415 e. The molecule has 44 heavy (non-hydrogen) atoms. The van der Waals surface area contributed by atoms with Crippen LogP contribution >= 0.6 is 0 Å². The molecule has 2 saturated heterocycles. The summed E-state index contributed by atoms with van der Waals surface area (Å²) >= 11 is 0. The van der Waals surface area contributed by atoms with Gasteiger partial charge in [0.15, 0.2) is 11.9 Å². The highest BCUT2D eigenvalue weighted by Crippen LogP contribution is 2.29. The van der Waals surface area contributed by atoms with Gasteiger partial charge in [-0.25, -0.2) is 19.7 Å². The van der Waals surface area contributed by atoms with Crippen LogP contribution < -0.4 is 11.1 Å². The number of piperidine rings is 1. The Morgan fingerprint density at radius 2 is 1.84 bits per heavy atom. The largest absolute Gasteiger partial charge is 0.444 e. The molecule has 2 aliphatic heterocycles. The van der Waals surface area contributed by atoms with E-state index in [-0.39, 0.29) is 30.9 Å². The van der Waals surface area contributed by atoms with Crippen LogP contribution in [0.3, 0.4) is 0 Å². The number of aromatic nitrogens is 3. The van der Waals surface area contributed by atoms with E-state index < -0.39 is 23.8 Å². The first-order chi connectivity index (χ1) is 20.8. The second-order valence-electron chi connectivity index (χ2n) is 12.1. The van der Waals surface area contributed by atoms with Crippen LogP contribution in [0.4, 0.5) is 23.8 Å². The summed E-state index contributed by atoms with van der Waals surface area (Å²) in [6, 6.07) is 8.65. The zero-order valence-corrected chi connectivity index (χ0v) is 24.9. The first-order valence-corrected chi connectivity index (χ1v) is 14.5. The Hall–Kier alpha value is -4.04. The number of nitrogens with two attached hydrogens (primary N) is 1. The Labute approximate surface area is 252 Å². The van der Waals surface area contributed by atoms with Crippen LogP contribution in [0.1, 0.15) is 49.5 Å². The Morgan fingerprint density at radius 3 is 2.52 bits per heavy atom. The summed E-state index contributed by atoms with van der Waals surface area (Å²) < 4.78 is 49.8. The molecule has 0 unspecified atom stereocenters. The number of carbonyl (C=O) groups is 2. The van der Waals surface area contributed by atoms with Crippen molar-refractivity contribution in [3.8, 4) is 11.3 Å². The standard InChI is InChI=1S/C30H36F3N7O4/c1-29(2,3)44-28(42)40-10-4-5-20(15-40)37-27-25-24(35-17-36-27)21(26(34)41)13-22(38-25)19-8-6-18(7-9-19)14-39-11-12-43-23(16-39)30(31,32)33/h6-9,13,17,20,23H,4-5,10-12,14-16H2,1-3H3,(H2,34,41)(H,35,36,37)/t20-,23-/m0/s1. The van der Waals surface area contributed by atoms with Crippen LogP contribution in [-0.4, -0.2) is 93.5 Å². The fraction of sp³-hybridized carbons (Fsp3) is 0.500. The number of nitrogens with one attached hydrogen (secondary N) is 1. The average molecular weight is 616 g/mol. The van der Waals surface area contributed by atoms with Crippen molar-refractivity contribution in [2.24, 2.45) is 5.73 Å². The van der Waals surface area contributed by atoms with Gasteiger partial charge in [0.1, 0.15) is 23.0 Å². The smallest absolute Gasteiger partial charge is 0.415 e. The minimum Gasteiger partial charge on any atom is -0.444 e. The molecule has 0 aliphatic carbocycles. The monoisotopic (exact) mass is 615 g/mol. The van der Waals surface area contributed by atoms with Gasteiger partial charge in [0.25, 0.3) is 5.91 Å². The van der Waals surface area contributed by atoms with Crippen molar-refractivity contribution in [1.29, 1.82) is 0 Å². The number of pyridine rings is 1. The molecule has 4 heterocycles. The SMILES string of the molecule is CC(C)(C)OC(=O)N1CCC[C@H](Nc2ncnc3c(C(N)=O)cc(-c4ccc(CN5CCO[C@H](C(F)(F)F)C5)cc4)nc23)C1. The number of morpholine rings is 1. The fourth-order valence-corrected chi connectivity index (χ4v) is 5.34. The van der Waals surface area contributed by atoms with Gasteiger partial charge in [0.05, 0.1) is 17.9 Å². The van der Waals surface area contributed by atoms with Crippen LogP contribution in [0.2, 0.25) is 0 Å². The van der Waals surface area contributed by atoms with E-state index in [1.165, 1.54) is 6.33 Å². The number of hydrogen-bond donors (Lipinski definition) is 2. The summed E-state index contributed by atoms with van der Waals surface area (Å²) in [6.45, 7) is 6.95. The maximum absolute atomic E-state index is 13.1. The van der Waals surface area contributed by atoms with E-state index in [4.69, 9.17) is 20.2 Å². The summed E-state index contributed by atoms with van der Waals surface area (Å²) in [5.74, 6) is -0.279. The van der Waals surface area contributed by atoms with Gasteiger partial charge in [0.2, 0.25) is 0 Å². The van der Waals surface area contributed by atoms with Crippen molar-refractivity contribution in [1.82, 2.24) is 24.8 Å². The van der Waals surface area contributed by atoms with Crippen molar-refractivity contribution in [3.63, 3.8) is 0 Å². The zero-order valence-electron chi connectivity index (χ0n) is 24.9. The van der Waals surface area contributed by atoms with E-state index in [9.17, 15) is 22.8 Å². The molecule has 2 atom stereocenters. The number of halogens is 3. The van der Waals surface area contributed by atoms with E-state index >= 15 is 0 Å². The first-order valence-electron chi connectivity index (χ1n) is 14.5. The van der Waals surface area contributed by atoms with Gasteiger partial charge in [-0.3, -0.25) is 9.69 Å². The van der Waals surface area contributed by atoms with E-state index in [1.807, 2.05) is 32.9 Å². The third-order valence-corrected chi connectivity index (χ3v) is 7.44. The minimum absolute atomic E-state index is 0.0114. The van der Waals surface area contributed by atoms with Crippen molar-refractivity contribution >= 4 is 28.9 Å². The van der Waals surface area contributed by atoms with Gasteiger partial charge in [-0.15, -0.1) is 0 Å². The highest BCUT2D eigenvalue weighted by molar-refractivity contribution is 6.06. The number of anilines is 1.